The van der Waals surface area contributed by atoms with Crippen molar-refractivity contribution in [2.75, 3.05) is 5.32 Å². The molecule has 0 spiro atoms. The lowest BCUT2D eigenvalue weighted by atomic mass is 10.2. The summed E-state index contributed by atoms with van der Waals surface area (Å²) in [5.41, 5.74) is 2.58. The third-order valence-corrected chi connectivity index (χ3v) is 3.94. The monoisotopic (exact) mass is 296 g/mol. The Kier molecular flexibility index (Phi) is 4.63. The maximum atomic E-state index is 12.2. The largest absolute Gasteiger partial charge is 0.380 e. The molecule has 2 heterocycles. The molecule has 0 atom stereocenters. The molecule has 0 aromatic carbocycles. The van der Waals surface area contributed by atoms with Crippen molar-refractivity contribution >= 4 is 11.6 Å². The van der Waals surface area contributed by atoms with E-state index < -0.39 is 0 Å². The van der Waals surface area contributed by atoms with Crippen LogP contribution in [0.3, 0.4) is 0 Å². The highest BCUT2D eigenvalue weighted by molar-refractivity contribution is 5.94. The van der Waals surface area contributed by atoms with Crippen molar-refractivity contribution in [3.05, 3.63) is 54.1 Å². The minimum Gasteiger partial charge on any atom is -0.380 e. The van der Waals surface area contributed by atoms with Crippen LogP contribution in [0.4, 0.5) is 5.69 Å². The Balaban J connectivity index is 1.60. The highest BCUT2D eigenvalue weighted by Crippen LogP contribution is 2.18. The van der Waals surface area contributed by atoms with Gasteiger partial charge in [-0.2, -0.15) is 0 Å². The number of anilines is 1. The molecule has 0 bridgehead atoms. The molecule has 114 valence electrons. The fourth-order valence-corrected chi connectivity index (χ4v) is 2.70. The van der Waals surface area contributed by atoms with E-state index in [1.807, 2.05) is 18.2 Å². The molecule has 2 aromatic rings. The van der Waals surface area contributed by atoms with Gasteiger partial charge in [0.2, 0.25) is 0 Å². The quantitative estimate of drug-likeness (QED) is 0.890. The van der Waals surface area contributed by atoms with Crippen molar-refractivity contribution in [3.8, 4) is 0 Å². The fourth-order valence-electron chi connectivity index (χ4n) is 2.70. The Morgan fingerprint density at radius 1 is 1.14 bits per heavy atom. The van der Waals surface area contributed by atoms with Crippen LogP contribution in [-0.4, -0.2) is 21.9 Å². The molecule has 5 heteroatoms. The average Bonchev–Trinajstić information content (AvgIpc) is 3.07. The molecule has 1 aliphatic carbocycles. The molecule has 1 saturated carbocycles. The first-order chi connectivity index (χ1) is 10.8. The third-order valence-electron chi connectivity index (χ3n) is 3.94. The van der Waals surface area contributed by atoms with Gasteiger partial charge in [-0.15, -0.1) is 0 Å². The van der Waals surface area contributed by atoms with Gasteiger partial charge in [-0.25, -0.2) is 0 Å². The highest BCUT2D eigenvalue weighted by Gasteiger charge is 2.18. The van der Waals surface area contributed by atoms with E-state index in [0.29, 0.717) is 18.2 Å². The number of pyridine rings is 2. The van der Waals surface area contributed by atoms with E-state index in [2.05, 4.69) is 20.6 Å². The lowest BCUT2D eigenvalue weighted by molar-refractivity contribution is 0.0937. The topological polar surface area (TPSA) is 66.9 Å². The molecule has 1 aliphatic rings. The summed E-state index contributed by atoms with van der Waals surface area (Å²) in [5.74, 6) is -0.0352. The second-order valence-electron chi connectivity index (χ2n) is 5.63. The number of rotatable bonds is 5. The summed E-state index contributed by atoms with van der Waals surface area (Å²) >= 11 is 0. The molecule has 2 aromatic heterocycles. The molecule has 2 N–H and O–H groups in total. The number of amides is 1. The molecule has 0 unspecified atom stereocenters. The molecule has 3 rings (SSSR count). The molecule has 22 heavy (non-hydrogen) atoms. The van der Waals surface area contributed by atoms with E-state index in [9.17, 15) is 4.79 Å². The summed E-state index contributed by atoms with van der Waals surface area (Å²) in [6.07, 6.45) is 11.4. The number of carbonyl (C=O) groups excluding carboxylic acids is 1. The van der Waals surface area contributed by atoms with Crippen LogP contribution in [0.1, 0.15) is 41.6 Å². The number of hydrogen-bond donors (Lipinski definition) is 2. The lowest BCUT2D eigenvalue weighted by Gasteiger charge is -2.12. The van der Waals surface area contributed by atoms with Gasteiger partial charge in [0, 0.05) is 37.4 Å². The van der Waals surface area contributed by atoms with E-state index in [4.69, 9.17) is 0 Å². The molecule has 0 saturated heterocycles. The van der Waals surface area contributed by atoms with Crippen LogP contribution >= 0.6 is 0 Å². The van der Waals surface area contributed by atoms with Crippen LogP contribution in [0.2, 0.25) is 0 Å². The first-order valence-electron chi connectivity index (χ1n) is 7.70. The van der Waals surface area contributed by atoms with Gasteiger partial charge in [-0.1, -0.05) is 12.8 Å². The van der Waals surface area contributed by atoms with Crippen molar-refractivity contribution in [2.24, 2.45) is 0 Å². The zero-order valence-electron chi connectivity index (χ0n) is 12.5. The molecule has 1 amide bonds. The van der Waals surface area contributed by atoms with Crippen LogP contribution < -0.4 is 10.6 Å². The number of nitrogens with one attached hydrogen (secondary N) is 2. The summed E-state index contributed by atoms with van der Waals surface area (Å²) in [6, 6.07) is 6.08. The van der Waals surface area contributed by atoms with Gasteiger partial charge in [0.05, 0.1) is 11.3 Å². The van der Waals surface area contributed by atoms with Gasteiger partial charge in [0.25, 0.3) is 5.91 Å². The molecule has 0 aliphatic heterocycles. The summed E-state index contributed by atoms with van der Waals surface area (Å²) in [6.45, 7) is 0.678. The van der Waals surface area contributed by atoms with Crippen LogP contribution in [-0.2, 0) is 6.54 Å². The maximum Gasteiger partial charge on any atom is 0.253 e. The number of nitrogens with zero attached hydrogens (tertiary/aromatic N) is 2. The fraction of sp³-hybridized carbons (Fsp3) is 0.353. The summed E-state index contributed by atoms with van der Waals surface area (Å²) in [4.78, 5) is 20.4. The van der Waals surface area contributed by atoms with E-state index in [1.165, 1.54) is 12.8 Å². The Morgan fingerprint density at radius 3 is 2.68 bits per heavy atom. The van der Waals surface area contributed by atoms with E-state index in [1.54, 1.807) is 24.8 Å². The maximum absolute atomic E-state index is 12.2. The van der Waals surface area contributed by atoms with Crippen LogP contribution in [0.15, 0.2) is 43.0 Å². The second kappa shape index (κ2) is 7.02. The molecule has 0 radical (unpaired) electrons. The summed E-state index contributed by atoms with van der Waals surface area (Å²) < 4.78 is 0. The van der Waals surface area contributed by atoms with Gasteiger partial charge in [0.15, 0.2) is 0 Å². The first-order valence-corrected chi connectivity index (χ1v) is 7.70. The van der Waals surface area contributed by atoms with Gasteiger partial charge < -0.3 is 10.6 Å². The first kappa shape index (κ1) is 14.5. The molecule has 1 fully saturated rings. The van der Waals surface area contributed by atoms with Crippen molar-refractivity contribution in [1.82, 2.24) is 15.3 Å². The second-order valence-corrected chi connectivity index (χ2v) is 5.63. The number of hydrogen-bond acceptors (Lipinski definition) is 4. The molecule has 5 nitrogen and oxygen atoms in total. The van der Waals surface area contributed by atoms with Crippen molar-refractivity contribution < 1.29 is 4.79 Å². The van der Waals surface area contributed by atoms with E-state index >= 15 is 0 Å². The lowest BCUT2D eigenvalue weighted by Crippen LogP contribution is -2.32. The van der Waals surface area contributed by atoms with Gasteiger partial charge in [-0.05, 0) is 36.6 Å². The van der Waals surface area contributed by atoms with Crippen LogP contribution in [0, 0.1) is 0 Å². The summed E-state index contributed by atoms with van der Waals surface area (Å²) in [7, 11) is 0. The van der Waals surface area contributed by atoms with Crippen molar-refractivity contribution in [3.63, 3.8) is 0 Å². The number of carbonyl (C=O) groups is 1. The zero-order valence-corrected chi connectivity index (χ0v) is 12.5. The number of aromatic nitrogens is 2. The molecular weight excluding hydrogens is 276 g/mol. The predicted octanol–water partition coefficient (Wildman–Crippen LogP) is 2.76. The predicted molar refractivity (Wildman–Crippen MR) is 85.5 cm³/mol. The Bertz CT molecular complexity index is 624. The third kappa shape index (κ3) is 3.81. The minimum atomic E-state index is -0.0352. The van der Waals surface area contributed by atoms with Gasteiger partial charge in [0.1, 0.15) is 0 Å². The minimum absolute atomic E-state index is 0.0352. The zero-order chi connectivity index (χ0) is 15.2. The normalized spacial score (nSPS) is 14.7. The van der Waals surface area contributed by atoms with Crippen LogP contribution in [0.5, 0.6) is 0 Å². The standard InChI is InChI=1S/C17H20N4O/c22-17(21-15-3-1-2-4-15)14-9-16(12-19-11-14)20-10-13-5-7-18-8-6-13/h5-9,11-12,15,20H,1-4,10H2,(H,21,22). The van der Waals surface area contributed by atoms with Crippen molar-refractivity contribution in [1.29, 1.82) is 0 Å². The summed E-state index contributed by atoms with van der Waals surface area (Å²) in [5, 5.41) is 6.36. The van der Waals surface area contributed by atoms with Gasteiger partial charge >= 0.3 is 0 Å². The Morgan fingerprint density at radius 2 is 1.91 bits per heavy atom. The SMILES string of the molecule is O=C(NC1CCCC1)c1cncc(NCc2ccncc2)c1. The van der Waals surface area contributed by atoms with Crippen LogP contribution in [0.25, 0.3) is 0 Å². The smallest absolute Gasteiger partial charge is 0.253 e. The molecular formula is C17H20N4O. The Hall–Kier alpha value is -2.43. The van der Waals surface area contributed by atoms with Crippen molar-refractivity contribution in [2.45, 2.75) is 38.3 Å². The van der Waals surface area contributed by atoms with E-state index in [-0.39, 0.29) is 5.91 Å². The van der Waals surface area contributed by atoms with Gasteiger partial charge in [-0.3, -0.25) is 14.8 Å². The van der Waals surface area contributed by atoms with E-state index in [0.717, 1.165) is 24.1 Å². The average molecular weight is 296 g/mol. The Labute approximate surface area is 130 Å². The highest BCUT2D eigenvalue weighted by atomic mass is 16.1.